The summed E-state index contributed by atoms with van der Waals surface area (Å²) in [5.74, 6) is 0. The summed E-state index contributed by atoms with van der Waals surface area (Å²) in [5, 5.41) is 0. The molecule has 0 fully saturated rings. The van der Waals surface area contributed by atoms with Crippen molar-refractivity contribution in [3.63, 3.8) is 0 Å². The molecule has 0 nitrogen and oxygen atoms in total. The Kier molecular flexibility index (Phi) is 228. The van der Waals surface area contributed by atoms with Crippen LogP contribution in [0.2, 0.25) is 0 Å². The van der Waals surface area contributed by atoms with E-state index in [1.54, 1.807) is 0 Å². The van der Waals surface area contributed by atoms with Crippen LogP contribution in [0.4, 0.5) is 0 Å². The fraction of sp³-hybridized carbons (Fsp3) is 0. The predicted octanol–water partition coefficient (Wildman–Crippen LogP) is -0.275. The Hall–Kier alpha value is 3.16. The minimum atomic E-state index is 0. The second-order valence-electron chi connectivity index (χ2n) is 0. The summed E-state index contributed by atoms with van der Waals surface area (Å²) >= 11 is 0. The van der Waals surface area contributed by atoms with Gasteiger partial charge >= 0.3 is 0 Å². The van der Waals surface area contributed by atoms with Crippen molar-refractivity contribution in [3.05, 3.63) is 0 Å². The average Bonchev–Trinajstić information content (AvgIpc) is 0. The van der Waals surface area contributed by atoms with E-state index in [-0.39, 0.29) is 99.7 Å². The van der Waals surface area contributed by atoms with E-state index < -0.39 is 0 Å². The smallest absolute Gasteiger partial charge is 0 e. The topological polar surface area (TPSA) is 0 Å². The van der Waals surface area contributed by atoms with Gasteiger partial charge in [0.15, 0.2) is 0 Å². The molecule has 0 aliphatic rings. The van der Waals surface area contributed by atoms with Gasteiger partial charge in [0.2, 0.25) is 0 Å². The third kappa shape index (κ3) is 19.1. The Morgan fingerprint density at radius 3 is 1.00 bits per heavy atom. The van der Waals surface area contributed by atoms with Crippen molar-refractivity contribution in [1.82, 2.24) is 0 Å². The molecule has 0 aromatic rings. The van der Waals surface area contributed by atoms with E-state index in [0.717, 1.165) is 0 Å². The van der Waals surface area contributed by atoms with Gasteiger partial charge in [0, 0.05) is 86.2 Å². The molecule has 0 heterocycles. The summed E-state index contributed by atoms with van der Waals surface area (Å²) in [7, 11) is 0. The van der Waals surface area contributed by atoms with Crippen molar-refractivity contribution in [3.8, 4) is 0 Å². The number of hydrogen-bond donors (Lipinski definition) is 0. The second-order valence-corrected chi connectivity index (χ2v) is 0. The van der Waals surface area contributed by atoms with E-state index >= 15 is 0 Å². The fourth-order valence-corrected chi connectivity index (χ4v) is 0. The minimum Gasteiger partial charge on any atom is -0.197 e. The molecule has 0 spiro atoms. The predicted molar refractivity (Wildman–Crippen MR) is 16.1 cm³/mol. The average molecular weight is 470 g/mol. The number of rotatable bonds is 0. The maximum Gasteiger partial charge on any atom is 0 e. The van der Waals surface area contributed by atoms with Crippen LogP contribution < -0.4 is 0 Å². The summed E-state index contributed by atoms with van der Waals surface area (Å²) in [6.45, 7) is 0. The molecule has 0 atom stereocenters. The van der Waals surface area contributed by atoms with E-state index in [4.69, 9.17) is 0 Å². The van der Waals surface area contributed by atoms with E-state index in [9.17, 15) is 0 Å². The Morgan fingerprint density at radius 2 is 1.00 bits per heavy atom. The number of hydrogen-bond acceptors (Lipinski definition) is 0. The van der Waals surface area contributed by atoms with Crippen molar-refractivity contribution in [1.29, 1.82) is 0 Å². The molecule has 0 aliphatic heterocycles. The standard InChI is InChI=1S/Ag.Fe.Pb.H2S.Zn/h;;;1H2;. The quantitative estimate of drug-likeness (QED) is 0.428. The van der Waals surface area contributed by atoms with Crippen molar-refractivity contribution in [2.45, 2.75) is 0 Å². The summed E-state index contributed by atoms with van der Waals surface area (Å²) in [6, 6.07) is 0. The zero-order valence-corrected chi connectivity index (χ0v) is 12.8. The first kappa shape index (κ1) is 41.9. The van der Waals surface area contributed by atoms with Gasteiger partial charge in [-0.1, -0.05) is 0 Å². The summed E-state index contributed by atoms with van der Waals surface area (Å²) in [6.07, 6.45) is 0. The molecule has 5 heavy (non-hydrogen) atoms. The third-order valence-electron chi connectivity index (χ3n) is 0. The molecule has 0 unspecified atom stereocenters. The molecule has 0 saturated heterocycles. The zero-order chi connectivity index (χ0) is 0. The van der Waals surface area contributed by atoms with E-state index in [2.05, 4.69) is 0 Å². The second kappa shape index (κ2) is 27.2. The Bertz CT molecular complexity index is 11.6. The van der Waals surface area contributed by atoms with Crippen molar-refractivity contribution < 1.29 is 58.9 Å². The molecular formula is H2AgFePbSZn. The zero-order valence-electron chi connectivity index (χ0n) is 2.36. The van der Waals surface area contributed by atoms with Gasteiger partial charge in [0.05, 0.1) is 0 Å². The molecule has 5 heteroatoms. The van der Waals surface area contributed by atoms with Crippen LogP contribution in [0.1, 0.15) is 0 Å². The van der Waals surface area contributed by atoms with Gasteiger partial charge in [-0.3, -0.25) is 0 Å². The van der Waals surface area contributed by atoms with Crippen LogP contribution in [-0.2, 0) is 58.9 Å². The molecular weight excluding hydrogens is 468 g/mol. The largest absolute Gasteiger partial charge is 0.197 e. The Morgan fingerprint density at radius 1 is 1.00 bits per heavy atom. The van der Waals surface area contributed by atoms with Crippen LogP contribution in [-0.4, -0.2) is 27.3 Å². The Balaban J connectivity index is 0. The molecule has 0 N–H and O–H groups in total. The van der Waals surface area contributed by atoms with Gasteiger partial charge in [-0.2, -0.15) is 13.5 Å². The van der Waals surface area contributed by atoms with E-state index in [1.165, 1.54) is 0 Å². The van der Waals surface area contributed by atoms with Gasteiger partial charge in [0.1, 0.15) is 0 Å². The van der Waals surface area contributed by atoms with Crippen LogP contribution in [0.25, 0.3) is 0 Å². The molecule has 0 aromatic carbocycles. The first-order chi connectivity index (χ1) is 0. The van der Waals surface area contributed by atoms with Crippen LogP contribution in [0, 0.1) is 0 Å². The minimum absolute atomic E-state index is 0. The van der Waals surface area contributed by atoms with Crippen molar-refractivity contribution in [2.24, 2.45) is 0 Å². The molecule has 0 aliphatic carbocycles. The van der Waals surface area contributed by atoms with Crippen LogP contribution in [0.15, 0.2) is 0 Å². The van der Waals surface area contributed by atoms with Crippen LogP contribution in [0.5, 0.6) is 0 Å². The first-order valence-electron chi connectivity index (χ1n) is 0. The van der Waals surface area contributed by atoms with Gasteiger partial charge in [0.25, 0.3) is 0 Å². The SMILES string of the molecule is S.[Ag].[Fe].[Pb].[Zn]. The normalized spacial score (nSPS) is 0. The van der Waals surface area contributed by atoms with Crippen molar-refractivity contribution >= 4 is 40.8 Å². The van der Waals surface area contributed by atoms with Gasteiger partial charge < -0.3 is 0 Å². The molecule has 0 bridgehead atoms. The van der Waals surface area contributed by atoms with Crippen LogP contribution in [0.3, 0.4) is 0 Å². The monoisotopic (exact) mass is 469 g/mol. The molecule has 0 amide bonds. The van der Waals surface area contributed by atoms with E-state index in [1.807, 2.05) is 0 Å². The maximum absolute atomic E-state index is 0. The Labute approximate surface area is 98.0 Å². The molecule has 0 saturated carbocycles. The van der Waals surface area contributed by atoms with Gasteiger partial charge in [-0.15, -0.1) is 0 Å². The summed E-state index contributed by atoms with van der Waals surface area (Å²) in [4.78, 5) is 0. The maximum atomic E-state index is 0. The molecule has 0 aromatic heterocycles. The van der Waals surface area contributed by atoms with Gasteiger partial charge in [-0.05, 0) is 0 Å². The van der Waals surface area contributed by atoms with Gasteiger partial charge in [-0.25, -0.2) is 0 Å². The van der Waals surface area contributed by atoms with Crippen molar-refractivity contribution in [2.75, 3.05) is 0 Å². The molecule has 5 radical (unpaired) electrons. The third-order valence-corrected chi connectivity index (χ3v) is 0. The fourth-order valence-electron chi connectivity index (χ4n) is 0. The summed E-state index contributed by atoms with van der Waals surface area (Å²) < 4.78 is 0. The molecule has 33 valence electrons. The van der Waals surface area contributed by atoms with E-state index in [0.29, 0.717) is 0 Å². The molecule has 0 rings (SSSR count). The van der Waals surface area contributed by atoms with Crippen LogP contribution >= 0.6 is 13.5 Å². The summed E-state index contributed by atoms with van der Waals surface area (Å²) in [5.41, 5.74) is 0. The first-order valence-corrected chi connectivity index (χ1v) is 0.